The highest BCUT2D eigenvalue weighted by Crippen LogP contribution is 2.36. The molecule has 100 valence electrons. The first kappa shape index (κ1) is 13.1. The molecule has 0 saturated heterocycles. The van der Waals surface area contributed by atoms with Crippen molar-refractivity contribution in [2.24, 2.45) is 0 Å². The Morgan fingerprint density at radius 1 is 1.56 bits per heavy atom. The van der Waals surface area contributed by atoms with Crippen LogP contribution in [0.4, 0.5) is 10.8 Å². The van der Waals surface area contributed by atoms with Crippen molar-refractivity contribution in [3.63, 3.8) is 0 Å². The molecule has 18 heavy (non-hydrogen) atoms. The second kappa shape index (κ2) is 5.11. The van der Waals surface area contributed by atoms with E-state index in [4.69, 9.17) is 15.2 Å². The van der Waals surface area contributed by atoms with Crippen molar-refractivity contribution in [3.05, 3.63) is 5.56 Å². The summed E-state index contributed by atoms with van der Waals surface area (Å²) in [6.07, 6.45) is 3.22. The van der Waals surface area contributed by atoms with E-state index in [1.54, 1.807) is 7.11 Å². The number of hydrogen-bond donors (Lipinski definition) is 2. The minimum absolute atomic E-state index is 0.119. The Labute approximate surface area is 110 Å². The second-order valence-electron chi connectivity index (χ2n) is 4.36. The van der Waals surface area contributed by atoms with Crippen LogP contribution in [-0.2, 0) is 9.47 Å². The van der Waals surface area contributed by atoms with Crippen LogP contribution >= 0.6 is 11.5 Å². The Morgan fingerprint density at radius 3 is 2.78 bits per heavy atom. The van der Waals surface area contributed by atoms with Crippen LogP contribution in [0.25, 0.3) is 0 Å². The molecule has 0 bridgehead atoms. The van der Waals surface area contributed by atoms with Crippen molar-refractivity contribution in [1.82, 2.24) is 4.37 Å². The summed E-state index contributed by atoms with van der Waals surface area (Å²) in [5, 5.41) is 3.83. The Bertz CT molecular complexity index is 437. The van der Waals surface area contributed by atoms with Gasteiger partial charge in [0.2, 0.25) is 0 Å². The SMILES string of the molecule is COC(=O)c1c(N)nsc1NCC1(OC)CCC1. The minimum Gasteiger partial charge on any atom is -0.465 e. The maximum absolute atomic E-state index is 11.6. The van der Waals surface area contributed by atoms with Gasteiger partial charge in [-0.15, -0.1) is 0 Å². The van der Waals surface area contributed by atoms with Gasteiger partial charge in [-0.25, -0.2) is 4.79 Å². The van der Waals surface area contributed by atoms with Crippen LogP contribution in [0, 0.1) is 0 Å². The van der Waals surface area contributed by atoms with E-state index in [0.29, 0.717) is 17.1 Å². The third-order valence-corrected chi connectivity index (χ3v) is 4.20. The van der Waals surface area contributed by atoms with Crippen LogP contribution in [-0.4, -0.2) is 36.7 Å². The van der Waals surface area contributed by atoms with Gasteiger partial charge < -0.3 is 20.5 Å². The number of nitrogens with one attached hydrogen (secondary N) is 1. The summed E-state index contributed by atoms with van der Waals surface area (Å²) in [6, 6.07) is 0. The number of anilines is 2. The van der Waals surface area contributed by atoms with Gasteiger partial charge in [0, 0.05) is 13.7 Å². The van der Waals surface area contributed by atoms with Gasteiger partial charge in [-0.1, -0.05) is 0 Å². The molecule has 0 spiro atoms. The van der Waals surface area contributed by atoms with Crippen molar-refractivity contribution in [2.75, 3.05) is 31.8 Å². The van der Waals surface area contributed by atoms with Crippen LogP contribution in [0.3, 0.4) is 0 Å². The number of methoxy groups -OCH3 is 2. The molecule has 0 unspecified atom stereocenters. The fourth-order valence-electron chi connectivity index (χ4n) is 1.99. The number of carbonyl (C=O) groups is 1. The van der Waals surface area contributed by atoms with Crippen LogP contribution < -0.4 is 11.1 Å². The number of nitrogens with two attached hydrogens (primary N) is 1. The lowest BCUT2D eigenvalue weighted by atomic mass is 9.80. The third-order valence-electron chi connectivity index (χ3n) is 3.38. The molecule has 0 aromatic carbocycles. The van der Waals surface area contributed by atoms with E-state index in [1.165, 1.54) is 13.5 Å². The van der Waals surface area contributed by atoms with E-state index < -0.39 is 5.97 Å². The van der Waals surface area contributed by atoms with Gasteiger partial charge in [-0.3, -0.25) is 0 Å². The molecular weight excluding hydrogens is 254 g/mol. The molecule has 0 atom stereocenters. The Hall–Kier alpha value is -1.34. The molecule has 7 heteroatoms. The molecule has 0 aliphatic heterocycles. The molecule has 2 rings (SSSR count). The summed E-state index contributed by atoms with van der Waals surface area (Å²) in [7, 11) is 3.04. The van der Waals surface area contributed by atoms with Gasteiger partial charge in [0.15, 0.2) is 5.82 Å². The molecule has 1 aliphatic carbocycles. The maximum Gasteiger partial charge on any atom is 0.344 e. The van der Waals surface area contributed by atoms with Gasteiger partial charge in [0.1, 0.15) is 10.6 Å². The standard InChI is InChI=1S/C11H17N3O3S/c1-16-10(15)7-8(12)14-18-9(7)13-6-11(17-2)4-3-5-11/h13H,3-6H2,1-2H3,(H2,12,14). The largest absolute Gasteiger partial charge is 0.465 e. The summed E-state index contributed by atoms with van der Waals surface area (Å²) in [5.74, 6) is -0.266. The normalized spacial score (nSPS) is 17.0. The number of esters is 1. The highest BCUT2D eigenvalue weighted by Gasteiger charge is 2.37. The Balaban J connectivity index is 2.07. The molecule has 1 fully saturated rings. The summed E-state index contributed by atoms with van der Waals surface area (Å²) >= 11 is 1.16. The third kappa shape index (κ3) is 2.28. The second-order valence-corrected chi connectivity index (χ2v) is 5.13. The quantitative estimate of drug-likeness (QED) is 0.789. The first-order chi connectivity index (χ1) is 8.62. The number of ether oxygens (including phenoxy) is 2. The van der Waals surface area contributed by atoms with Gasteiger partial charge in [-0.2, -0.15) is 4.37 Å². The zero-order valence-corrected chi connectivity index (χ0v) is 11.3. The first-order valence-electron chi connectivity index (χ1n) is 5.74. The summed E-state index contributed by atoms with van der Waals surface area (Å²) < 4.78 is 14.2. The lowest BCUT2D eigenvalue weighted by molar-refractivity contribution is -0.0600. The van der Waals surface area contributed by atoms with Gasteiger partial charge in [0.25, 0.3) is 0 Å². The van der Waals surface area contributed by atoms with Crippen LogP contribution in [0.1, 0.15) is 29.6 Å². The number of carbonyl (C=O) groups excluding carboxylic acids is 1. The van der Waals surface area contributed by atoms with Gasteiger partial charge in [0.05, 0.1) is 12.7 Å². The first-order valence-corrected chi connectivity index (χ1v) is 6.52. The topological polar surface area (TPSA) is 86.5 Å². The van der Waals surface area contributed by atoms with E-state index in [2.05, 4.69) is 9.69 Å². The predicted molar refractivity (Wildman–Crippen MR) is 69.9 cm³/mol. The predicted octanol–water partition coefficient (Wildman–Crippen LogP) is 1.49. The number of nitrogens with zero attached hydrogens (tertiary/aromatic N) is 1. The average molecular weight is 271 g/mol. The fraction of sp³-hybridized carbons (Fsp3) is 0.636. The van der Waals surface area contributed by atoms with E-state index in [-0.39, 0.29) is 11.4 Å². The molecule has 0 radical (unpaired) electrons. The minimum atomic E-state index is -0.469. The van der Waals surface area contributed by atoms with Crippen molar-refractivity contribution in [3.8, 4) is 0 Å². The molecular formula is C11H17N3O3S. The van der Waals surface area contributed by atoms with Crippen molar-refractivity contribution < 1.29 is 14.3 Å². The van der Waals surface area contributed by atoms with Crippen molar-refractivity contribution >= 4 is 28.3 Å². The highest BCUT2D eigenvalue weighted by molar-refractivity contribution is 7.11. The van der Waals surface area contributed by atoms with Crippen LogP contribution in [0.5, 0.6) is 0 Å². The molecule has 0 amide bonds. The lowest BCUT2D eigenvalue weighted by Crippen LogP contribution is -2.45. The summed E-state index contributed by atoms with van der Waals surface area (Å²) in [6.45, 7) is 0.648. The van der Waals surface area contributed by atoms with E-state index in [0.717, 1.165) is 24.4 Å². The van der Waals surface area contributed by atoms with Crippen molar-refractivity contribution in [2.45, 2.75) is 24.9 Å². The maximum atomic E-state index is 11.6. The molecule has 1 aliphatic rings. The van der Waals surface area contributed by atoms with Crippen LogP contribution in [0.15, 0.2) is 0 Å². The number of hydrogen-bond acceptors (Lipinski definition) is 7. The number of rotatable bonds is 5. The molecule has 1 aromatic rings. The molecule has 1 saturated carbocycles. The van der Waals surface area contributed by atoms with E-state index >= 15 is 0 Å². The smallest absolute Gasteiger partial charge is 0.344 e. The van der Waals surface area contributed by atoms with Gasteiger partial charge in [-0.05, 0) is 30.8 Å². The highest BCUT2D eigenvalue weighted by atomic mass is 32.1. The monoisotopic (exact) mass is 271 g/mol. The zero-order chi connectivity index (χ0) is 13.2. The molecule has 6 nitrogen and oxygen atoms in total. The van der Waals surface area contributed by atoms with Crippen LogP contribution in [0.2, 0.25) is 0 Å². The zero-order valence-electron chi connectivity index (χ0n) is 10.5. The molecule has 1 heterocycles. The average Bonchev–Trinajstić information content (AvgIpc) is 2.69. The molecule has 3 N–H and O–H groups in total. The Morgan fingerprint density at radius 2 is 2.28 bits per heavy atom. The van der Waals surface area contributed by atoms with Crippen molar-refractivity contribution in [1.29, 1.82) is 0 Å². The van der Waals surface area contributed by atoms with E-state index in [9.17, 15) is 4.79 Å². The van der Waals surface area contributed by atoms with E-state index in [1.807, 2.05) is 0 Å². The number of aromatic nitrogens is 1. The summed E-state index contributed by atoms with van der Waals surface area (Å²) in [4.78, 5) is 11.6. The Kier molecular flexibility index (Phi) is 3.72. The number of nitrogen functional groups attached to an aromatic ring is 1. The summed E-state index contributed by atoms with van der Waals surface area (Å²) in [5.41, 5.74) is 5.86. The lowest BCUT2D eigenvalue weighted by Gasteiger charge is -2.40. The van der Waals surface area contributed by atoms with Gasteiger partial charge >= 0.3 is 5.97 Å². The fourth-order valence-corrected chi connectivity index (χ4v) is 2.68. The molecule has 1 aromatic heterocycles.